The summed E-state index contributed by atoms with van der Waals surface area (Å²) in [6.45, 7) is 19.6. The van der Waals surface area contributed by atoms with Gasteiger partial charge in [-0.25, -0.2) is 4.79 Å². The SMILES string of the molecule is CC(C)(C)OC(=O)n1cc(CCN2[C@@H](CN)[C@@H](OCc3ccccc3)[C@H](OCc3ccccc3)[C@@H]2CO[Si](C)(C)C(C)(C)C)c2ccccc21. The molecule has 2 N–H and O–H groups in total. The van der Waals surface area contributed by atoms with Crippen molar-refractivity contribution in [3.8, 4) is 0 Å². The Labute approximate surface area is 300 Å². The van der Waals surface area contributed by atoms with Crippen molar-refractivity contribution in [3.05, 3.63) is 108 Å². The van der Waals surface area contributed by atoms with Gasteiger partial charge in [0.25, 0.3) is 0 Å². The standard InChI is InChI=1S/C41H57N3O5Si/c1-40(2,3)49-39(45)44-26-32(33-21-15-16-22-34(33)44)23-24-43-35(25-42)37(46-27-30-17-11-9-12-18-30)38(47-28-31-19-13-10-14-20-31)36(43)29-48-50(7,8)41(4,5)6/h9-22,26,35-38H,23-25,27-29,42H2,1-8H3/t35-,36-,37+,38+/m0/s1. The minimum absolute atomic E-state index is 0.0524. The van der Waals surface area contributed by atoms with E-state index < -0.39 is 13.9 Å². The lowest BCUT2D eigenvalue weighted by atomic mass is 10.1. The number of hydrogen-bond donors (Lipinski definition) is 1. The Morgan fingerprint density at radius 2 is 1.32 bits per heavy atom. The number of nitrogens with two attached hydrogens (primary N) is 1. The third kappa shape index (κ3) is 9.12. The van der Waals surface area contributed by atoms with Crippen LogP contribution in [0.5, 0.6) is 0 Å². The topological polar surface area (TPSA) is 88.2 Å². The number of nitrogens with zero attached hydrogens (tertiary/aromatic N) is 2. The Hall–Kier alpha value is -3.31. The fourth-order valence-electron chi connectivity index (χ4n) is 6.47. The molecule has 1 saturated heterocycles. The molecule has 0 unspecified atom stereocenters. The maximum absolute atomic E-state index is 13.3. The van der Waals surface area contributed by atoms with Crippen LogP contribution >= 0.6 is 0 Å². The van der Waals surface area contributed by atoms with Crippen molar-refractivity contribution >= 4 is 25.3 Å². The number of benzene rings is 3. The van der Waals surface area contributed by atoms with Crippen molar-refractivity contribution < 1.29 is 23.4 Å². The van der Waals surface area contributed by atoms with Gasteiger partial charge in [-0.15, -0.1) is 0 Å². The van der Waals surface area contributed by atoms with Gasteiger partial charge in [0, 0.05) is 24.7 Å². The van der Waals surface area contributed by atoms with Gasteiger partial charge in [0.15, 0.2) is 8.32 Å². The lowest BCUT2D eigenvalue weighted by Gasteiger charge is -2.39. The van der Waals surface area contributed by atoms with Gasteiger partial charge in [-0.2, -0.15) is 0 Å². The van der Waals surface area contributed by atoms with Gasteiger partial charge < -0.3 is 24.4 Å². The summed E-state index contributed by atoms with van der Waals surface area (Å²) in [6.07, 6.45) is 1.69. The zero-order valence-electron chi connectivity index (χ0n) is 31.2. The first-order chi connectivity index (χ1) is 23.7. The molecule has 0 bridgehead atoms. The highest BCUT2D eigenvalue weighted by Crippen LogP contribution is 2.39. The maximum Gasteiger partial charge on any atom is 0.419 e. The predicted octanol–water partition coefficient (Wildman–Crippen LogP) is 8.17. The minimum atomic E-state index is -2.11. The highest BCUT2D eigenvalue weighted by Gasteiger charge is 2.51. The molecule has 1 aromatic heterocycles. The van der Waals surface area contributed by atoms with Crippen LogP contribution in [-0.4, -0.2) is 73.5 Å². The van der Waals surface area contributed by atoms with Crippen molar-refractivity contribution in [2.45, 2.75) is 109 Å². The summed E-state index contributed by atoms with van der Waals surface area (Å²) in [6, 6.07) is 28.4. The van der Waals surface area contributed by atoms with Gasteiger partial charge >= 0.3 is 6.09 Å². The average molecular weight is 700 g/mol. The summed E-state index contributed by atoms with van der Waals surface area (Å²) in [5.74, 6) is 0. The Balaban J connectivity index is 1.48. The quantitative estimate of drug-likeness (QED) is 0.141. The van der Waals surface area contributed by atoms with Gasteiger partial charge in [-0.05, 0) is 68.1 Å². The molecule has 0 saturated carbocycles. The lowest BCUT2D eigenvalue weighted by molar-refractivity contribution is -0.0814. The number of fused-ring (bicyclic) bond motifs is 1. The number of hydrogen-bond acceptors (Lipinski definition) is 7. The molecule has 50 heavy (non-hydrogen) atoms. The molecule has 1 aliphatic heterocycles. The van der Waals surface area contributed by atoms with E-state index in [4.69, 9.17) is 24.4 Å². The predicted molar refractivity (Wildman–Crippen MR) is 204 cm³/mol. The van der Waals surface area contributed by atoms with Gasteiger partial charge in [-0.1, -0.05) is 99.6 Å². The summed E-state index contributed by atoms with van der Waals surface area (Å²) in [4.78, 5) is 15.7. The van der Waals surface area contributed by atoms with Gasteiger partial charge in [-0.3, -0.25) is 9.47 Å². The number of likely N-dealkylation sites (tertiary alicyclic amines) is 1. The first-order valence-corrected chi connectivity index (χ1v) is 20.8. The van der Waals surface area contributed by atoms with Crippen LogP contribution in [0.2, 0.25) is 18.1 Å². The normalized spacial score (nSPS) is 20.4. The summed E-state index contributed by atoms with van der Waals surface area (Å²) in [7, 11) is -2.11. The van der Waals surface area contributed by atoms with Crippen molar-refractivity contribution in [2.75, 3.05) is 19.7 Å². The molecule has 3 aromatic carbocycles. The monoisotopic (exact) mass is 699 g/mol. The molecule has 8 nitrogen and oxygen atoms in total. The van der Waals surface area contributed by atoms with E-state index in [0.717, 1.165) is 27.6 Å². The molecule has 270 valence electrons. The number of carbonyl (C=O) groups excluding carboxylic acids is 1. The van der Waals surface area contributed by atoms with E-state index in [0.29, 0.717) is 39.3 Å². The molecule has 5 rings (SSSR count). The van der Waals surface area contributed by atoms with E-state index in [1.807, 2.05) is 81.6 Å². The summed E-state index contributed by atoms with van der Waals surface area (Å²) < 4.78 is 28.0. The van der Waals surface area contributed by atoms with Crippen molar-refractivity contribution in [1.29, 1.82) is 0 Å². The highest BCUT2D eigenvalue weighted by atomic mass is 28.4. The Morgan fingerprint density at radius 3 is 1.86 bits per heavy atom. The van der Waals surface area contributed by atoms with E-state index in [1.54, 1.807) is 4.57 Å². The molecule has 1 aliphatic rings. The van der Waals surface area contributed by atoms with Gasteiger partial charge in [0.2, 0.25) is 0 Å². The van der Waals surface area contributed by atoms with Crippen LogP contribution in [0.25, 0.3) is 10.9 Å². The van der Waals surface area contributed by atoms with Crippen LogP contribution in [0.1, 0.15) is 58.2 Å². The molecular formula is C41H57N3O5Si. The largest absolute Gasteiger partial charge is 0.443 e. The van der Waals surface area contributed by atoms with E-state index in [-0.39, 0.29) is 35.4 Å². The number of aromatic nitrogens is 1. The van der Waals surface area contributed by atoms with Crippen LogP contribution < -0.4 is 5.73 Å². The molecule has 1 fully saturated rings. The van der Waals surface area contributed by atoms with Crippen LogP contribution in [-0.2, 0) is 38.3 Å². The van der Waals surface area contributed by atoms with E-state index in [1.165, 1.54) is 0 Å². The Bertz CT molecular complexity index is 1680. The molecule has 4 atom stereocenters. The maximum atomic E-state index is 13.3. The number of rotatable bonds is 13. The molecule has 2 heterocycles. The van der Waals surface area contributed by atoms with Gasteiger partial charge in [0.05, 0.1) is 37.4 Å². The van der Waals surface area contributed by atoms with Crippen molar-refractivity contribution in [3.63, 3.8) is 0 Å². The third-order valence-corrected chi connectivity index (χ3v) is 14.7. The number of ether oxygens (including phenoxy) is 3. The van der Waals surface area contributed by atoms with E-state index in [2.05, 4.69) is 69.1 Å². The average Bonchev–Trinajstić information content (AvgIpc) is 3.58. The molecule has 0 radical (unpaired) electrons. The summed E-state index contributed by atoms with van der Waals surface area (Å²) in [5.41, 5.74) is 10.2. The minimum Gasteiger partial charge on any atom is -0.443 e. The zero-order valence-corrected chi connectivity index (χ0v) is 32.2. The zero-order chi connectivity index (χ0) is 36.1. The van der Waals surface area contributed by atoms with Crippen LogP contribution in [0.4, 0.5) is 4.79 Å². The van der Waals surface area contributed by atoms with Crippen molar-refractivity contribution in [1.82, 2.24) is 9.47 Å². The fourth-order valence-corrected chi connectivity index (χ4v) is 7.49. The fraction of sp³-hybridized carbons (Fsp3) is 0.488. The third-order valence-electron chi connectivity index (χ3n) is 10.2. The smallest absolute Gasteiger partial charge is 0.419 e. The molecule has 9 heteroatoms. The summed E-state index contributed by atoms with van der Waals surface area (Å²) in [5, 5.41) is 1.08. The van der Waals surface area contributed by atoms with Crippen LogP contribution in [0.15, 0.2) is 91.1 Å². The number of para-hydroxylation sites is 1. The lowest BCUT2D eigenvalue weighted by Crippen LogP contribution is -2.49. The van der Waals surface area contributed by atoms with Crippen molar-refractivity contribution in [2.24, 2.45) is 5.73 Å². The molecule has 0 aliphatic carbocycles. The van der Waals surface area contributed by atoms with E-state index in [9.17, 15) is 4.79 Å². The highest BCUT2D eigenvalue weighted by molar-refractivity contribution is 6.74. The molecule has 4 aromatic rings. The first kappa shape index (κ1) is 37.9. The first-order valence-electron chi connectivity index (χ1n) is 17.9. The Kier molecular flexibility index (Phi) is 12.1. The molecule has 0 amide bonds. The van der Waals surface area contributed by atoms with Crippen LogP contribution in [0, 0.1) is 0 Å². The second-order valence-electron chi connectivity index (χ2n) is 16.0. The number of carbonyl (C=O) groups is 1. The van der Waals surface area contributed by atoms with E-state index >= 15 is 0 Å². The second kappa shape index (κ2) is 15.9. The van der Waals surface area contributed by atoms with Crippen LogP contribution in [0.3, 0.4) is 0 Å². The molecular weight excluding hydrogens is 643 g/mol. The second-order valence-corrected chi connectivity index (χ2v) is 20.8. The molecule has 0 spiro atoms. The summed E-state index contributed by atoms with van der Waals surface area (Å²) >= 11 is 0. The Morgan fingerprint density at radius 1 is 0.780 bits per heavy atom. The van der Waals surface area contributed by atoms with Gasteiger partial charge in [0.1, 0.15) is 17.8 Å².